The molecule has 700 valence electrons. The second-order valence-corrected chi connectivity index (χ2v) is 45.0. The molecular formula is C99H155Ga3IN12O12-. The molecule has 0 saturated carbocycles. The third kappa shape index (κ3) is 40.1. The van der Waals surface area contributed by atoms with Crippen molar-refractivity contribution in [3.63, 3.8) is 0 Å². The van der Waals surface area contributed by atoms with E-state index in [2.05, 4.69) is 113 Å². The number of halogens is 1. The maximum Gasteiger partial charge on any atom is -1.00 e. The van der Waals surface area contributed by atoms with Crippen molar-refractivity contribution in [1.82, 2.24) is 30.2 Å². The van der Waals surface area contributed by atoms with Crippen molar-refractivity contribution >= 4 is 90.8 Å². The number of rotatable bonds is 12. The average Bonchev–Trinajstić information content (AvgIpc) is 1.21. The molecule has 6 aromatic rings. The van der Waals surface area contributed by atoms with Gasteiger partial charge in [0.2, 0.25) is 0 Å². The third-order valence-corrected chi connectivity index (χ3v) is 26.1. The number of aliphatic imine (C=N–C) groups is 6. The molecule has 0 saturated heterocycles. The van der Waals surface area contributed by atoms with Crippen molar-refractivity contribution in [2.45, 2.75) is 225 Å². The van der Waals surface area contributed by atoms with Crippen LogP contribution in [0.5, 0.6) is 69.0 Å². The first-order valence-corrected chi connectivity index (χ1v) is 51.0. The molecule has 6 aromatic carbocycles. The minimum Gasteiger partial charge on any atom is -1.00 e. The van der Waals surface area contributed by atoms with Crippen LogP contribution in [0, 0.1) is 32.5 Å². The van der Waals surface area contributed by atoms with E-state index in [0.717, 1.165) is 112 Å². The zero-order valence-corrected chi connectivity index (χ0v) is 88.1. The van der Waals surface area contributed by atoms with Crippen LogP contribution in [-0.4, -0.2) is 249 Å². The van der Waals surface area contributed by atoms with E-state index in [-0.39, 0.29) is 115 Å². The molecule has 0 amide bonds. The minimum absolute atomic E-state index is 0. The van der Waals surface area contributed by atoms with Crippen LogP contribution in [0.25, 0.3) is 0 Å². The maximum atomic E-state index is 7.09. The van der Waals surface area contributed by atoms with E-state index in [4.69, 9.17) is 79.6 Å². The summed E-state index contributed by atoms with van der Waals surface area (Å²) in [6.07, 6.45) is 11.4. The molecular weight excluding hydrogens is 1880 g/mol. The second kappa shape index (κ2) is 55.0. The van der Waals surface area contributed by atoms with Crippen LogP contribution >= 0.6 is 0 Å². The van der Waals surface area contributed by atoms with E-state index in [1.165, 1.54) is 0 Å². The van der Waals surface area contributed by atoms with Gasteiger partial charge in [-0.15, -0.1) is 0 Å². The monoisotopic (exact) mass is 2030 g/mol. The van der Waals surface area contributed by atoms with E-state index in [1.807, 2.05) is 230 Å². The molecule has 2 radical (unpaired) electrons. The van der Waals surface area contributed by atoms with Gasteiger partial charge in [-0.2, -0.15) is 0 Å². The van der Waals surface area contributed by atoms with E-state index in [0.29, 0.717) is 108 Å². The fraction of sp³-hybridized carbons (Fsp3) is 0.576. The Bertz CT molecular complexity index is 4080. The molecule has 0 atom stereocenters. The van der Waals surface area contributed by atoms with Crippen LogP contribution in [0.2, 0.25) is 0 Å². The number of nitrogens with zero attached hydrogens (tertiary/aromatic N) is 7. The predicted octanol–water partition coefficient (Wildman–Crippen LogP) is 15.1. The van der Waals surface area contributed by atoms with Gasteiger partial charge in [0, 0.05) is 0 Å². The van der Waals surface area contributed by atoms with Crippen LogP contribution < -0.4 is 100 Å². The van der Waals surface area contributed by atoms with Gasteiger partial charge in [-0.1, -0.05) is 22.3 Å². The fourth-order valence-corrected chi connectivity index (χ4v) is 21.3. The van der Waals surface area contributed by atoms with Gasteiger partial charge in [-0.3, -0.25) is 0 Å². The van der Waals surface area contributed by atoms with E-state index >= 15 is 0 Å². The number of benzene rings is 6. The minimum atomic E-state index is -3.32. The molecule has 10 rings (SSSR count). The summed E-state index contributed by atoms with van der Waals surface area (Å²) in [5, 5.41) is 18.0. The molecule has 4 aliphatic rings. The first kappa shape index (κ1) is 113. The van der Waals surface area contributed by atoms with Crippen molar-refractivity contribution in [1.29, 1.82) is 0 Å². The number of hydrogen-bond acceptors (Lipinski definition) is 24. The Labute approximate surface area is 804 Å². The van der Waals surface area contributed by atoms with Crippen molar-refractivity contribution in [2.24, 2.45) is 62.4 Å². The number of ether oxygens (including phenoxy) is 6. The first-order valence-electron chi connectivity index (χ1n) is 44.0. The maximum absolute atomic E-state index is 7.09. The molecule has 0 fully saturated rings. The van der Waals surface area contributed by atoms with Crippen LogP contribution in [0.15, 0.2) is 139 Å². The van der Waals surface area contributed by atoms with Gasteiger partial charge in [0.25, 0.3) is 0 Å². The Balaban J connectivity index is 0.000000393. The summed E-state index contributed by atoms with van der Waals surface area (Å²) < 4.78 is 79.2. The van der Waals surface area contributed by atoms with Gasteiger partial charge >= 0.3 is 765 Å². The van der Waals surface area contributed by atoms with Crippen molar-refractivity contribution in [2.75, 3.05) is 118 Å². The molecule has 4 aliphatic heterocycles. The fourth-order valence-electron chi connectivity index (χ4n) is 13.5. The van der Waals surface area contributed by atoms with Crippen LogP contribution in [0.1, 0.15) is 222 Å². The first-order chi connectivity index (χ1) is 58.3. The smallest absolute Gasteiger partial charge is 1.00 e. The topological polar surface area (TPSA) is 248 Å². The van der Waals surface area contributed by atoms with Crippen LogP contribution in [-0.2, 0) is 0 Å². The normalized spacial score (nSPS) is 18.0. The molecule has 0 aromatic heterocycles. The third-order valence-electron chi connectivity index (χ3n) is 19.3. The summed E-state index contributed by atoms with van der Waals surface area (Å²) >= 11 is -6.80. The summed E-state index contributed by atoms with van der Waals surface area (Å²) in [5.41, 5.74) is 5.23. The van der Waals surface area contributed by atoms with E-state index in [9.17, 15) is 0 Å². The Morgan fingerprint density at radius 3 is 0.803 bits per heavy atom. The summed E-state index contributed by atoms with van der Waals surface area (Å²) in [6, 6.07) is 35.6. The molecule has 5 N–H and O–H groups in total. The van der Waals surface area contributed by atoms with Gasteiger partial charge in [0.15, 0.2) is 0 Å². The molecule has 24 nitrogen and oxygen atoms in total. The number of fused-ring (bicyclic) bond motifs is 7. The average molecular weight is 2040 g/mol. The summed E-state index contributed by atoms with van der Waals surface area (Å²) in [5.74, 6) is 8.19. The van der Waals surface area contributed by atoms with Gasteiger partial charge in [-0.05, 0) is 0 Å². The predicted molar refractivity (Wildman–Crippen MR) is 528 cm³/mol. The Morgan fingerprint density at radius 2 is 0.543 bits per heavy atom. The number of hydrogen-bond donors (Lipinski definition) is 5. The molecule has 0 bridgehead atoms. The molecule has 0 unspecified atom stereocenters. The van der Waals surface area contributed by atoms with Crippen molar-refractivity contribution < 1.29 is 73.6 Å². The molecule has 127 heavy (non-hydrogen) atoms. The van der Waals surface area contributed by atoms with Crippen molar-refractivity contribution in [3.05, 3.63) is 143 Å². The van der Waals surface area contributed by atoms with Gasteiger partial charge < -0.3 is 24.0 Å². The zero-order chi connectivity index (χ0) is 89.4. The summed E-state index contributed by atoms with van der Waals surface area (Å²) in [6.45, 7) is 65.5. The van der Waals surface area contributed by atoms with E-state index in [1.54, 1.807) is 0 Å². The largest absolute Gasteiger partial charge is 1.00 e. The molecule has 28 heteroatoms. The number of para-hydroxylation sites is 6. The Hall–Kier alpha value is -6.66. The van der Waals surface area contributed by atoms with Gasteiger partial charge in [0.1, 0.15) is 0 Å². The standard InChI is InChI=1S/2C32H50N4O4.C32H49N4O4.3CH4.3Ga.HI/c3*1-23(2)39-27-13-9-11-25(29(27)37)17-35-21-31(5,6)19-33-15-16-34-20-32(7,8)22-36-18-26-12-10-14-28(30(26)38)40-24(3)4;;;;;;;/h2*9-14,17-18,23-24,33-34,37-38H,15-16,19-22H2,1-8H3;9-14,17-18,23-24,33,37-38H,15-16,19-22H2,1-8H3;3*1H4;;;;1H/q;;-1;;;;2*+2;+3;/p-7/i;;;;;;1-2;1-3;;. The Morgan fingerprint density at radius 1 is 0.323 bits per heavy atom. The quantitative estimate of drug-likeness (QED) is 0.0564. The molecule has 0 aliphatic carbocycles. The van der Waals surface area contributed by atoms with Gasteiger partial charge in [-0.25, -0.2) is 0 Å². The number of nitrogens with one attached hydrogen (secondary N) is 5. The molecule has 4 heterocycles. The Kier molecular flexibility index (Phi) is 48.8. The summed E-state index contributed by atoms with van der Waals surface area (Å²) in [7, 11) is 0. The van der Waals surface area contributed by atoms with E-state index < -0.39 is 53.5 Å². The molecule has 0 spiro atoms. The van der Waals surface area contributed by atoms with Crippen molar-refractivity contribution in [3.8, 4) is 69.0 Å². The van der Waals surface area contributed by atoms with Gasteiger partial charge in [0.05, 0.1) is 0 Å². The van der Waals surface area contributed by atoms with Crippen LogP contribution in [0.3, 0.4) is 0 Å². The SMILES string of the molecule is C.C.C.CC(C)Oc1cccc2c1[O][67Ga][O]c1c(cccc1OC(C)C)C=NCC(C)(C)CNCCNCC(C)(C)CN=C2.CC(C)Oc1cccc2c1[O][68Ga][O]c1c(cccc1OC(C)C)C=NCC(C)(C)CNCCNCC(C)(C)CN=C2.CC(C)Oc1cccc2c1[O][Ga]1[O]c3c(cccc3OC(C)C)C=NCC(C)(C)C[N]1CCNCC(C)(C)CN=C2.[I-]. The van der Waals surface area contributed by atoms with Crippen LogP contribution in [0.4, 0.5) is 0 Å². The zero-order valence-electron chi connectivity index (χ0n) is 78.7. The second-order valence-electron chi connectivity index (χ2n) is 38.4. The summed E-state index contributed by atoms with van der Waals surface area (Å²) in [4.78, 5) is 28.9.